The first-order valence-electron chi connectivity index (χ1n) is 4.82. The van der Waals surface area contributed by atoms with Crippen LogP contribution in [0.15, 0.2) is 18.2 Å². The monoisotopic (exact) mass is 242 g/mol. The normalized spacial score (nSPS) is 9.94. The van der Waals surface area contributed by atoms with E-state index in [1.54, 1.807) is 0 Å². The molecule has 1 aromatic carbocycles. The maximum absolute atomic E-state index is 12.0. The van der Waals surface area contributed by atoms with Crippen molar-refractivity contribution >= 4 is 11.7 Å². The van der Waals surface area contributed by atoms with Crippen molar-refractivity contribution in [1.29, 1.82) is 0 Å². The quantitative estimate of drug-likeness (QED) is 0.583. The van der Waals surface area contributed by atoms with E-state index in [9.17, 15) is 19.3 Å². The number of rotatable bonds is 6. The zero-order chi connectivity index (χ0) is 12.8. The first kappa shape index (κ1) is 12.9. The minimum absolute atomic E-state index is 0.0249. The molecule has 0 aromatic heterocycles. The maximum atomic E-state index is 12.0. The molecule has 0 aliphatic heterocycles. The van der Waals surface area contributed by atoms with E-state index in [1.165, 1.54) is 18.2 Å². The Kier molecular flexibility index (Phi) is 4.38. The summed E-state index contributed by atoms with van der Waals surface area (Å²) in [6.45, 7) is -1.09. The highest BCUT2D eigenvalue weighted by Gasteiger charge is 2.12. The molecule has 0 unspecified atom stereocenters. The molecule has 7 heteroatoms. The van der Waals surface area contributed by atoms with E-state index in [1.807, 2.05) is 0 Å². The second-order valence-corrected chi connectivity index (χ2v) is 3.28. The standard InChI is InChI=1S/C10H11FN2O4/c11-3-4-12-9-2-1-7(10(14)15)5-8(9)6-13(16)17/h1-2,5,12H,3-4,6H2,(H,14,15). The Morgan fingerprint density at radius 3 is 2.76 bits per heavy atom. The molecular weight excluding hydrogens is 231 g/mol. The van der Waals surface area contributed by atoms with Gasteiger partial charge < -0.3 is 10.4 Å². The molecule has 17 heavy (non-hydrogen) atoms. The van der Waals surface area contributed by atoms with E-state index >= 15 is 0 Å². The Labute approximate surface area is 96.2 Å². The van der Waals surface area contributed by atoms with Gasteiger partial charge in [-0.05, 0) is 18.2 Å². The first-order valence-corrected chi connectivity index (χ1v) is 4.82. The van der Waals surface area contributed by atoms with Crippen molar-refractivity contribution in [3.05, 3.63) is 39.4 Å². The molecule has 0 radical (unpaired) electrons. The van der Waals surface area contributed by atoms with Crippen LogP contribution in [-0.4, -0.2) is 29.2 Å². The summed E-state index contributed by atoms with van der Waals surface area (Å²) in [6.07, 6.45) is 0. The fourth-order valence-electron chi connectivity index (χ4n) is 1.35. The molecule has 92 valence electrons. The van der Waals surface area contributed by atoms with Crippen molar-refractivity contribution in [1.82, 2.24) is 0 Å². The summed E-state index contributed by atoms with van der Waals surface area (Å²) in [5.41, 5.74) is 0.570. The number of carboxylic acids is 1. The van der Waals surface area contributed by atoms with Crippen molar-refractivity contribution in [3.63, 3.8) is 0 Å². The molecule has 0 amide bonds. The number of anilines is 1. The van der Waals surface area contributed by atoms with Crippen LogP contribution < -0.4 is 5.32 Å². The molecule has 1 aromatic rings. The van der Waals surface area contributed by atoms with Crippen LogP contribution in [0.3, 0.4) is 0 Å². The summed E-state index contributed by atoms with van der Waals surface area (Å²) in [6, 6.07) is 3.93. The second kappa shape index (κ2) is 5.78. The van der Waals surface area contributed by atoms with Crippen molar-refractivity contribution in [2.45, 2.75) is 6.54 Å². The van der Waals surface area contributed by atoms with Gasteiger partial charge in [-0.2, -0.15) is 0 Å². The SMILES string of the molecule is O=C(O)c1ccc(NCCF)c(C[N+](=O)[O-])c1. The number of benzene rings is 1. The zero-order valence-corrected chi connectivity index (χ0v) is 8.85. The van der Waals surface area contributed by atoms with Crippen LogP contribution in [-0.2, 0) is 6.54 Å². The van der Waals surface area contributed by atoms with Gasteiger partial charge in [-0.1, -0.05) is 0 Å². The molecule has 0 saturated carbocycles. The van der Waals surface area contributed by atoms with Crippen LogP contribution in [0.1, 0.15) is 15.9 Å². The molecule has 1 rings (SSSR count). The van der Waals surface area contributed by atoms with Crippen molar-refractivity contribution in [2.24, 2.45) is 0 Å². The number of hydrogen-bond donors (Lipinski definition) is 2. The lowest BCUT2D eigenvalue weighted by Gasteiger charge is -2.09. The maximum Gasteiger partial charge on any atom is 0.335 e. The van der Waals surface area contributed by atoms with Crippen LogP contribution in [0.5, 0.6) is 0 Å². The van der Waals surface area contributed by atoms with Gasteiger partial charge in [0.2, 0.25) is 6.54 Å². The molecule has 0 aliphatic carbocycles. The summed E-state index contributed by atoms with van der Waals surface area (Å²) in [7, 11) is 0. The molecule has 0 heterocycles. The van der Waals surface area contributed by atoms with Crippen molar-refractivity contribution < 1.29 is 19.2 Å². The Hall–Kier alpha value is -2.18. The molecule has 0 spiro atoms. The number of hydrogen-bond acceptors (Lipinski definition) is 4. The predicted octanol–water partition coefficient (Wildman–Crippen LogP) is 1.54. The number of alkyl halides is 1. The van der Waals surface area contributed by atoms with Gasteiger partial charge in [0, 0.05) is 22.7 Å². The average molecular weight is 242 g/mol. The van der Waals surface area contributed by atoms with Gasteiger partial charge in [-0.15, -0.1) is 0 Å². The molecule has 0 saturated heterocycles. The molecule has 0 fully saturated rings. The third kappa shape index (κ3) is 3.71. The van der Waals surface area contributed by atoms with E-state index in [4.69, 9.17) is 5.11 Å². The second-order valence-electron chi connectivity index (χ2n) is 3.28. The summed E-state index contributed by atoms with van der Waals surface area (Å²) in [5.74, 6) is -1.16. The molecule has 0 bridgehead atoms. The highest BCUT2D eigenvalue weighted by molar-refractivity contribution is 5.88. The van der Waals surface area contributed by atoms with Gasteiger partial charge in [-0.25, -0.2) is 9.18 Å². The van der Waals surface area contributed by atoms with E-state index in [0.29, 0.717) is 5.69 Å². The molecular formula is C10H11FN2O4. The molecule has 0 atom stereocenters. The Bertz CT molecular complexity index is 436. The van der Waals surface area contributed by atoms with Crippen LogP contribution in [0.25, 0.3) is 0 Å². The Balaban J connectivity index is 3.02. The van der Waals surface area contributed by atoms with Crippen molar-refractivity contribution in [2.75, 3.05) is 18.5 Å². The minimum Gasteiger partial charge on any atom is -0.478 e. The molecule has 0 aliphatic rings. The van der Waals surface area contributed by atoms with Gasteiger partial charge in [0.15, 0.2) is 0 Å². The van der Waals surface area contributed by atoms with E-state index < -0.39 is 24.1 Å². The molecule has 6 nitrogen and oxygen atoms in total. The predicted molar refractivity (Wildman–Crippen MR) is 58.6 cm³/mol. The van der Waals surface area contributed by atoms with Gasteiger partial charge in [-0.3, -0.25) is 10.1 Å². The zero-order valence-electron chi connectivity index (χ0n) is 8.85. The fraction of sp³-hybridized carbons (Fsp3) is 0.300. The van der Waals surface area contributed by atoms with E-state index in [2.05, 4.69) is 5.32 Å². The number of nitro groups is 1. The summed E-state index contributed by atoms with van der Waals surface area (Å²) < 4.78 is 12.0. The Morgan fingerprint density at radius 2 is 2.24 bits per heavy atom. The van der Waals surface area contributed by atoms with Gasteiger partial charge >= 0.3 is 5.97 Å². The lowest BCUT2D eigenvalue weighted by molar-refractivity contribution is -0.496. The van der Waals surface area contributed by atoms with E-state index in [-0.39, 0.29) is 17.7 Å². The highest BCUT2D eigenvalue weighted by Crippen LogP contribution is 2.18. The highest BCUT2D eigenvalue weighted by atomic mass is 19.1. The topological polar surface area (TPSA) is 92.5 Å². The van der Waals surface area contributed by atoms with Crippen LogP contribution in [0, 0.1) is 10.1 Å². The fourth-order valence-corrected chi connectivity index (χ4v) is 1.35. The van der Waals surface area contributed by atoms with Gasteiger partial charge in [0.25, 0.3) is 0 Å². The summed E-state index contributed by atoms with van der Waals surface area (Å²) in [5, 5.41) is 21.9. The number of halogens is 1. The van der Waals surface area contributed by atoms with Crippen LogP contribution >= 0.6 is 0 Å². The Morgan fingerprint density at radius 1 is 1.53 bits per heavy atom. The smallest absolute Gasteiger partial charge is 0.335 e. The summed E-state index contributed by atoms with van der Waals surface area (Å²) >= 11 is 0. The number of nitrogens with zero attached hydrogens (tertiary/aromatic N) is 1. The largest absolute Gasteiger partial charge is 0.478 e. The number of carbonyl (C=O) groups is 1. The van der Waals surface area contributed by atoms with Gasteiger partial charge in [0.05, 0.1) is 5.56 Å². The summed E-state index contributed by atoms with van der Waals surface area (Å²) in [4.78, 5) is 20.6. The third-order valence-electron chi connectivity index (χ3n) is 2.06. The third-order valence-corrected chi connectivity index (χ3v) is 2.06. The van der Waals surface area contributed by atoms with Crippen LogP contribution in [0.2, 0.25) is 0 Å². The number of carboxylic acid groups (broad SMARTS) is 1. The van der Waals surface area contributed by atoms with E-state index in [0.717, 1.165) is 0 Å². The lowest BCUT2D eigenvalue weighted by Crippen LogP contribution is -2.09. The number of nitrogens with one attached hydrogen (secondary N) is 1. The van der Waals surface area contributed by atoms with Gasteiger partial charge in [0.1, 0.15) is 6.67 Å². The van der Waals surface area contributed by atoms with Crippen LogP contribution in [0.4, 0.5) is 10.1 Å². The van der Waals surface area contributed by atoms with Crippen molar-refractivity contribution in [3.8, 4) is 0 Å². The minimum atomic E-state index is -1.16. The number of aromatic carboxylic acids is 1. The average Bonchev–Trinajstić information content (AvgIpc) is 2.26. The first-order chi connectivity index (χ1) is 8.04. The lowest BCUT2D eigenvalue weighted by atomic mass is 10.1. The molecule has 2 N–H and O–H groups in total.